The maximum Gasteiger partial charge on any atom is 0.143 e. The molecule has 2 fully saturated rings. The molecule has 0 saturated heterocycles. The van der Waals surface area contributed by atoms with Crippen LogP contribution in [0.3, 0.4) is 0 Å². The minimum absolute atomic E-state index is 0.640. The summed E-state index contributed by atoms with van der Waals surface area (Å²) in [6.07, 6.45) is 5.54. The van der Waals surface area contributed by atoms with Crippen molar-refractivity contribution in [3.8, 4) is 0 Å². The minimum Gasteiger partial charge on any atom is -0.383 e. The van der Waals surface area contributed by atoms with E-state index in [4.69, 9.17) is 4.74 Å². The van der Waals surface area contributed by atoms with Gasteiger partial charge in [0.05, 0.1) is 11.9 Å². The van der Waals surface area contributed by atoms with Crippen LogP contribution in [0.1, 0.15) is 43.3 Å². The summed E-state index contributed by atoms with van der Waals surface area (Å²) in [6.45, 7) is 1.60. The molecule has 0 aromatic carbocycles. The van der Waals surface area contributed by atoms with Gasteiger partial charge in [0.25, 0.3) is 0 Å². The quantitative estimate of drug-likeness (QED) is 0.785. The number of methoxy groups -OCH3 is 1. The summed E-state index contributed by atoms with van der Waals surface area (Å²) in [5, 5.41) is 9.56. The van der Waals surface area contributed by atoms with Crippen LogP contribution in [0.4, 0.5) is 0 Å². The van der Waals surface area contributed by atoms with E-state index in [0.29, 0.717) is 5.92 Å². The minimum atomic E-state index is 0.640. The highest BCUT2D eigenvalue weighted by molar-refractivity contribution is 9.08. The van der Waals surface area contributed by atoms with E-state index in [1.807, 2.05) is 0 Å². The zero-order chi connectivity index (χ0) is 12.5. The van der Waals surface area contributed by atoms with Gasteiger partial charge in [-0.25, -0.2) is 0 Å². The average Bonchev–Trinajstić information content (AvgIpc) is 3.09. The lowest BCUT2D eigenvalue weighted by atomic mass is 9.88. The number of halogens is 1. The smallest absolute Gasteiger partial charge is 0.143 e. The van der Waals surface area contributed by atoms with Crippen molar-refractivity contribution in [2.75, 3.05) is 13.7 Å². The van der Waals surface area contributed by atoms with Crippen molar-refractivity contribution in [1.82, 2.24) is 14.8 Å². The highest BCUT2D eigenvalue weighted by Crippen LogP contribution is 2.52. The number of alkyl halides is 1. The largest absolute Gasteiger partial charge is 0.383 e. The van der Waals surface area contributed by atoms with Gasteiger partial charge in [-0.3, -0.25) is 0 Å². The first kappa shape index (κ1) is 12.6. The molecule has 4 nitrogen and oxygen atoms in total. The van der Waals surface area contributed by atoms with E-state index >= 15 is 0 Å². The molecule has 3 atom stereocenters. The Hall–Kier alpha value is -0.420. The fourth-order valence-electron chi connectivity index (χ4n) is 3.71. The standard InChI is InChI=1S/C13H20BrN3O/c1-18-5-4-17-12(8-14)15-16-13(17)11-7-9-2-3-10(11)6-9/h9-11H,2-8H2,1H3. The third kappa shape index (κ3) is 2.11. The molecule has 0 amide bonds. The van der Waals surface area contributed by atoms with Crippen LogP contribution in [0.5, 0.6) is 0 Å². The Kier molecular flexibility index (Phi) is 3.71. The number of aromatic nitrogens is 3. The van der Waals surface area contributed by atoms with Crippen molar-refractivity contribution >= 4 is 15.9 Å². The molecule has 0 radical (unpaired) electrons. The van der Waals surface area contributed by atoms with Crippen LogP contribution in [0.15, 0.2) is 0 Å². The fourth-order valence-corrected chi connectivity index (χ4v) is 4.12. The van der Waals surface area contributed by atoms with E-state index in [1.54, 1.807) is 7.11 Å². The third-order valence-corrected chi connectivity index (χ3v) is 5.07. The van der Waals surface area contributed by atoms with Gasteiger partial charge in [0.15, 0.2) is 0 Å². The molecule has 0 spiro atoms. The summed E-state index contributed by atoms with van der Waals surface area (Å²) >= 11 is 3.50. The van der Waals surface area contributed by atoms with Gasteiger partial charge in [0, 0.05) is 19.6 Å². The van der Waals surface area contributed by atoms with E-state index in [9.17, 15) is 0 Å². The Bertz CT molecular complexity index is 420. The summed E-state index contributed by atoms with van der Waals surface area (Å²) < 4.78 is 7.47. The van der Waals surface area contributed by atoms with Crippen LogP contribution in [0.2, 0.25) is 0 Å². The number of hydrogen-bond acceptors (Lipinski definition) is 3. The second kappa shape index (κ2) is 5.29. The van der Waals surface area contributed by atoms with E-state index in [1.165, 1.54) is 31.5 Å². The zero-order valence-corrected chi connectivity index (χ0v) is 12.4. The van der Waals surface area contributed by atoms with Gasteiger partial charge < -0.3 is 9.30 Å². The van der Waals surface area contributed by atoms with E-state index in [2.05, 4.69) is 30.7 Å². The van der Waals surface area contributed by atoms with Gasteiger partial charge in [-0.15, -0.1) is 10.2 Å². The first-order valence-corrected chi connectivity index (χ1v) is 7.92. The second-order valence-corrected chi connectivity index (χ2v) is 6.09. The third-order valence-electron chi connectivity index (χ3n) is 4.56. The molecule has 1 heterocycles. The molecule has 2 aliphatic carbocycles. The van der Waals surface area contributed by atoms with Gasteiger partial charge in [0.2, 0.25) is 0 Å². The van der Waals surface area contributed by atoms with Crippen molar-refractivity contribution < 1.29 is 4.74 Å². The molecule has 1 aromatic rings. The summed E-state index contributed by atoms with van der Waals surface area (Å²) in [4.78, 5) is 0. The molecule has 18 heavy (non-hydrogen) atoms. The van der Waals surface area contributed by atoms with Gasteiger partial charge in [-0.1, -0.05) is 22.4 Å². The zero-order valence-electron chi connectivity index (χ0n) is 10.8. The second-order valence-electron chi connectivity index (χ2n) is 5.53. The molecule has 0 aliphatic heterocycles. The van der Waals surface area contributed by atoms with Crippen molar-refractivity contribution in [2.45, 2.75) is 43.5 Å². The molecular weight excluding hydrogens is 294 g/mol. The maximum atomic E-state index is 5.20. The van der Waals surface area contributed by atoms with Crippen molar-refractivity contribution in [2.24, 2.45) is 11.8 Å². The lowest BCUT2D eigenvalue weighted by Crippen LogP contribution is -2.17. The van der Waals surface area contributed by atoms with Crippen LogP contribution < -0.4 is 0 Å². The predicted molar refractivity (Wildman–Crippen MR) is 72.7 cm³/mol. The number of fused-ring (bicyclic) bond motifs is 2. The average molecular weight is 314 g/mol. The molecule has 2 aliphatic rings. The summed E-state index contributed by atoms with van der Waals surface area (Å²) in [5.41, 5.74) is 0. The Labute approximate surface area is 116 Å². The van der Waals surface area contributed by atoms with Gasteiger partial charge >= 0.3 is 0 Å². The summed E-state index contributed by atoms with van der Waals surface area (Å²) in [5.74, 6) is 4.67. The molecule has 5 heteroatoms. The van der Waals surface area contributed by atoms with Crippen molar-refractivity contribution in [3.05, 3.63) is 11.6 Å². The first-order valence-electron chi connectivity index (χ1n) is 6.80. The molecule has 0 N–H and O–H groups in total. The molecule has 100 valence electrons. The van der Waals surface area contributed by atoms with Gasteiger partial charge in [0.1, 0.15) is 11.6 Å². The highest BCUT2D eigenvalue weighted by atomic mass is 79.9. The molecule has 1 aromatic heterocycles. The van der Waals surface area contributed by atoms with Crippen molar-refractivity contribution in [1.29, 1.82) is 0 Å². The topological polar surface area (TPSA) is 39.9 Å². The Morgan fingerprint density at radius 3 is 2.83 bits per heavy atom. The lowest BCUT2D eigenvalue weighted by Gasteiger charge is -2.21. The lowest BCUT2D eigenvalue weighted by molar-refractivity contribution is 0.184. The predicted octanol–water partition coefficient (Wildman–Crippen LogP) is 2.72. The Morgan fingerprint density at radius 1 is 1.33 bits per heavy atom. The van der Waals surface area contributed by atoms with E-state index < -0.39 is 0 Å². The highest BCUT2D eigenvalue weighted by Gasteiger charge is 2.42. The van der Waals surface area contributed by atoms with Crippen LogP contribution in [-0.2, 0) is 16.6 Å². The SMILES string of the molecule is COCCn1c(CBr)nnc1C1CC2CCC1C2. The normalized spacial score (nSPS) is 30.2. The molecular formula is C13H20BrN3O. The summed E-state index contributed by atoms with van der Waals surface area (Å²) in [7, 11) is 1.75. The first-order chi connectivity index (χ1) is 8.83. The number of ether oxygens (including phenoxy) is 1. The molecule has 3 rings (SSSR count). The van der Waals surface area contributed by atoms with Crippen LogP contribution >= 0.6 is 15.9 Å². The van der Waals surface area contributed by atoms with E-state index in [0.717, 1.165) is 36.1 Å². The van der Waals surface area contributed by atoms with E-state index in [-0.39, 0.29) is 0 Å². The van der Waals surface area contributed by atoms with Crippen molar-refractivity contribution in [3.63, 3.8) is 0 Å². The van der Waals surface area contributed by atoms with Crippen LogP contribution in [0, 0.1) is 11.8 Å². The van der Waals surface area contributed by atoms with Gasteiger partial charge in [-0.2, -0.15) is 0 Å². The molecule has 2 saturated carbocycles. The number of rotatable bonds is 5. The number of nitrogens with zero attached hydrogens (tertiary/aromatic N) is 3. The Balaban J connectivity index is 1.84. The maximum absolute atomic E-state index is 5.20. The Morgan fingerprint density at radius 2 is 2.22 bits per heavy atom. The summed E-state index contributed by atoms with van der Waals surface area (Å²) in [6, 6.07) is 0. The van der Waals surface area contributed by atoms with Gasteiger partial charge in [-0.05, 0) is 31.1 Å². The van der Waals surface area contributed by atoms with Crippen LogP contribution in [0.25, 0.3) is 0 Å². The molecule has 3 unspecified atom stereocenters. The number of hydrogen-bond donors (Lipinski definition) is 0. The van der Waals surface area contributed by atoms with Crippen LogP contribution in [-0.4, -0.2) is 28.5 Å². The fraction of sp³-hybridized carbons (Fsp3) is 0.846. The monoisotopic (exact) mass is 313 g/mol. The molecule has 2 bridgehead atoms.